The van der Waals surface area contributed by atoms with Crippen LogP contribution < -0.4 is 5.32 Å². The first-order chi connectivity index (χ1) is 37.0. The summed E-state index contributed by atoms with van der Waals surface area (Å²) in [5.74, 6) is -0.0185. The molecule has 0 aliphatic heterocycles. The van der Waals surface area contributed by atoms with Gasteiger partial charge in [0.15, 0.2) is 0 Å². The van der Waals surface area contributed by atoms with Gasteiger partial charge in [0.2, 0.25) is 5.91 Å². The molecule has 2 atom stereocenters. The summed E-state index contributed by atoms with van der Waals surface area (Å²) in [7, 11) is 0. The number of carbonyl (C=O) groups is 2. The van der Waals surface area contributed by atoms with E-state index < -0.39 is 12.1 Å². The summed E-state index contributed by atoms with van der Waals surface area (Å²) in [5.41, 5.74) is 0. The van der Waals surface area contributed by atoms with E-state index in [9.17, 15) is 19.8 Å². The fourth-order valence-electron chi connectivity index (χ4n) is 11.1. The summed E-state index contributed by atoms with van der Waals surface area (Å²) < 4.78 is 5.48. The van der Waals surface area contributed by atoms with Crippen LogP contribution in [0.2, 0.25) is 0 Å². The Morgan fingerprint density at radius 3 is 0.960 bits per heavy atom. The molecule has 0 bridgehead atoms. The highest BCUT2D eigenvalue weighted by atomic mass is 16.5. The monoisotopic (exact) mass is 1060 g/mol. The number of ether oxygens (including phenoxy) is 1. The Kier molecular flexibility index (Phi) is 63.9. The average Bonchev–Trinajstić information content (AvgIpc) is 3.41. The lowest BCUT2D eigenvalue weighted by atomic mass is 10.0. The summed E-state index contributed by atoms with van der Waals surface area (Å²) in [6.07, 6.45) is 79.7. The average molecular weight is 1060 g/mol. The van der Waals surface area contributed by atoms with Crippen molar-refractivity contribution in [2.24, 2.45) is 0 Å². The number of nitrogens with one attached hydrogen (secondary N) is 1. The molecule has 0 radical (unpaired) electrons. The fourth-order valence-corrected chi connectivity index (χ4v) is 11.1. The Balaban J connectivity index is 3.34. The number of hydrogen-bond donors (Lipinski definition) is 3. The van der Waals surface area contributed by atoms with E-state index in [1.165, 1.54) is 315 Å². The molecule has 0 aromatic heterocycles. The van der Waals surface area contributed by atoms with Crippen molar-refractivity contribution in [2.45, 2.75) is 405 Å². The number of esters is 1. The Morgan fingerprint density at radius 1 is 0.360 bits per heavy atom. The highest BCUT2D eigenvalue weighted by Crippen LogP contribution is 2.19. The summed E-state index contributed by atoms with van der Waals surface area (Å²) in [6, 6.07) is -0.539. The molecule has 6 nitrogen and oxygen atoms in total. The van der Waals surface area contributed by atoms with E-state index in [0.29, 0.717) is 25.9 Å². The molecule has 1 amide bonds. The molecule has 446 valence electrons. The molecule has 0 heterocycles. The molecule has 0 fully saturated rings. The van der Waals surface area contributed by atoms with Crippen LogP contribution in [0.4, 0.5) is 0 Å². The van der Waals surface area contributed by atoms with E-state index in [-0.39, 0.29) is 18.5 Å². The van der Waals surface area contributed by atoms with E-state index in [1.807, 2.05) is 0 Å². The van der Waals surface area contributed by atoms with Crippen LogP contribution in [0.25, 0.3) is 0 Å². The van der Waals surface area contributed by atoms with Crippen molar-refractivity contribution in [3.63, 3.8) is 0 Å². The molecule has 2 unspecified atom stereocenters. The zero-order chi connectivity index (χ0) is 54.3. The second-order valence-corrected chi connectivity index (χ2v) is 23.9. The van der Waals surface area contributed by atoms with Crippen LogP contribution in [0.1, 0.15) is 393 Å². The van der Waals surface area contributed by atoms with Gasteiger partial charge in [0.05, 0.1) is 25.4 Å². The lowest BCUT2D eigenvalue weighted by molar-refractivity contribution is -0.143. The number of aliphatic hydroxyl groups is 2. The number of carbonyl (C=O) groups excluding carboxylic acids is 2. The Bertz CT molecular complexity index is 1130. The molecule has 75 heavy (non-hydrogen) atoms. The molecule has 0 aliphatic rings. The minimum atomic E-state index is -0.662. The van der Waals surface area contributed by atoms with Gasteiger partial charge in [-0.25, -0.2) is 0 Å². The predicted octanol–water partition coefficient (Wildman–Crippen LogP) is 22.0. The number of rotatable bonds is 65. The molecule has 0 saturated carbocycles. The van der Waals surface area contributed by atoms with Gasteiger partial charge >= 0.3 is 5.97 Å². The lowest BCUT2D eigenvalue weighted by Gasteiger charge is -2.22. The zero-order valence-corrected chi connectivity index (χ0v) is 51.1. The first-order valence-corrected chi connectivity index (χ1v) is 34.4. The highest BCUT2D eigenvalue weighted by Gasteiger charge is 2.20. The summed E-state index contributed by atoms with van der Waals surface area (Å²) in [4.78, 5) is 24.6. The van der Waals surface area contributed by atoms with Crippen molar-refractivity contribution in [1.82, 2.24) is 5.32 Å². The van der Waals surface area contributed by atoms with Crippen LogP contribution >= 0.6 is 0 Å². The first kappa shape index (κ1) is 73.6. The van der Waals surface area contributed by atoms with Crippen LogP contribution in [-0.2, 0) is 14.3 Å². The Morgan fingerprint density at radius 2 is 0.627 bits per heavy atom. The minimum absolute atomic E-state index is 0.00967. The van der Waals surface area contributed by atoms with Gasteiger partial charge in [-0.3, -0.25) is 9.59 Å². The van der Waals surface area contributed by atoms with Crippen LogP contribution in [0.3, 0.4) is 0 Å². The normalized spacial score (nSPS) is 12.5. The molecule has 0 spiro atoms. The number of unbranched alkanes of at least 4 members (excludes halogenated alkanes) is 52. The van der Waals surface area contributed by atoms with Crippen molar-refractivity contribution in [1.29, 1.82) is 0 Å². The van der Waals surface area contributed by atoms with Gasteiger partial charge in [0, 0.05) is 12.8 Å². The van der Waals surface area contributed by atoms with Gasteiger partial charge in [-0.05, 0) is 51.4 Å². The van der Waals surface area contributed by atoms with Gasteiger partial charge in [0.25, 0.3) is 0 Å². The predicted molar refractivity (Wildman–Crippen MR) is 329 cm³/mol. The van der Waals surface area contributed by atoms with Gasteiger partial charge in [-0.2, -0.15) is 0 Å². The van der Waals surface area contributed by atoms with Crippen LogP contribution in [0, 0.1) is 0 Å². The van der Waals surface area contributed by atoms with Crippen LogP contribution in [0.15, 0.2) is 12.2 Å². The summed E-state index contributed by atoms with van der Waals surface area (Å²) in [5, 5.41) is 23.4. The third-order valence-electron chi connectivity index (χ3n) is 16.3. The summed E-state index contributed by atoms with van der Waals surface area (Å²) in [6.45, 7) is 4.97. The van der Waals surface area contributed by atoms with Gasteiger partial charge in [-0.15, -0.1) is 0 Å². The van der Waals surface area contributed by atoms with Crippen molar-refractivity contribution in [3.05, 3.63) is 12.2 Å². The first-order valence-electron chi connectivity index (χ1n) is 34.4. The standard InChI is InChI=1S/C69H135NO5/c1-3-5-7-9-11-13-15-17-18-19-31-34-38-41-45-49-53-57-61-67(72)66(65-71)70-68(73)62-58-54-50-46-42-39-35-32-29-27-25-23-21-20-22-24-26-28-30-33-36-40-44-48-52-56-60-64-75-69(74)63-59-55-51-47-43-37-16-14-12-10-8-6-4-2/h14,16,66-67,71-72H,3-13,15,17-65H2,1-2H3,(H,70,73)/b16-14-. The number of aliphatic hydroxyl groups excluding tert-OH is 2. The Labute approximate surface area is 469 Å². The number of hydrogen-bond acceptors (Lipinski definition) is 5. The third-order valence-corrected chi connectivity index (χ3v) is 16.3. The van der Waals surface area contributed by atoms with E-state index in [4.69, 9.17) is 4.74 Å². The largest absolute Gasteiger partial charge is 0.466 e. The molecule has 0 aromatic rings. The quantitative estimate of drug-likeness (QED) is 0.0320. The maximum absolute atomic E-state index is 12.5. The molecule has 0 saturated heterocycles. The van der Waals surface area contributed by atoms with Crippen LogP contribution in [0.5, 0.6) is 0 Å². The maximum atomic E-state index is 12.5. The number of amides is 1. The fraction of sp³-hybridized carbons (Fsp3) is 0.942. The smallest absolute Gasteiger partial charge is 0.305 e. The van der Waals surface area contributed by atoms with Crippen molar-refractivity contribution in [2.75, 3.05) is 13.2 Å². The zero-order valence-electron chi connectivity index (χ0n) is 51.1. The van der Waals surface area contributed by atoms with Gasteiger partial charge in [0.1, 0.15) is 0 Å². The van der Waals surface area contributed by atoms with Crippen molar-refractivity contribution < 1.29 is 24.5 Å². The van der Waals surface area contributed by atoms with E-state index >= 15 is 0 Å². The molecule has 0 rings (SSSR count). The van der Waals surface area contributed by atoms with E-state index in [2.05, 4.69) is 31.3 Å². The molecule has 3 N–H and O–H groups in total. The lowest BCUT2D eigenvalue weighted by Crippen LogP contribution is -2.45. The van der Waals surface area contributed by atoms with Crippen LogP contribution in [-0.4, -0.2) is 47.4 Å². The van der Waals surface area contributed by atoms with Gasteiger partial charge < -0.3 is 20.3 Å². The maximum Gasteiger partial charge on any atom is 0.305 e. The SMILES string of the molecule is CCCCCC/C=C\CCCCCCCC(=O)OCCCCCCCCCCCCCCCCCCCCCCCCCCCCCC(=O)NC(CO)C(O)CCCCCCCCCCCCCCCCCCCC. The van der Waals surface area contributed by atoms with E-state index in [1.54, 1.807) is 0 Å². The molecule has 6 heteroatoms. The van der Waals surface area contributed by atoms with E-state index in [0.717, 1.165) is 44.9 Å². The summed E-state index contributed by atoms with van der Waals surface area (Å²) >= 11 is 0. The number of allylic oxidation sites excluding steroid dienone is 2. The second-order valence-electron chi connectivity index (χ2n) is 23.9. The van der Waals surface area contributed by atoms with Crippen molar-refractivity contribution in [3.8, 4) is 0 Å². The topological polar surface area (TPSA) is 95.9 Å². The third kappa shape index (κ3) is 61.7. The van der Waals surface area contributed by atoms with Gasteiger partial charge in [-0.1, -0.05) is 341 Å². The Hall–Kier alpha value is -1.40. The molecule has 0 aromatic carbocycles. The molecule has 0 aliphatic carbocycles. The molecular formula is C69H135NO5. The minimum Gasteiger partial charge on any atom is -0.466 e. The van der Waals surface area contributed by atoms with Crippen molar-refractivity contribution >= 4 is 11.9 Å². The molecular weight excluding hydrogens is 923 g/mol. The second kappa shape index (κ2) is 65.1. The highest BCUT2D eigenvalue weighted by molar-refractivity contribution is 5.76.